The van der Waals surface area contributed by atoms with E-state index in [1.54, 1.807) is 36.4 Å². The number of aromatic nitrogens is 4. The van der Waals surface area contributed by atoms with Gasteiger partial charge in [-0.2, -0.15) is 0 Å². The van der Waals surface area contributed by atoms with Gasteiger partial charge in [0.05, 0.1) is 5.69 Å². The summed E-state index contributed by atoms with van der Waals surface area (Å²) >= 11 is 6.00. The van der Waals surface area contributed by atoms with Crippen molar-refractivity contribution in [3.05, 3.63) is 71.0 Å². The number of ketones is 1. The lowest BCUT2D eigenvalue weighted by atomic mass is 10.0. The number of halogens is 1. The quantitative estimate of drug-likeness (QED) is 0.475. The third kappa shape index (κ3) is 4.98. The average Bonchev–Trinajstić information content (AvgIpc) is 3.21. The topological polar surface area (TPSA) is 116 Å². The number of rotatable bonds is 7. The van der Waals surface area contributed by atoms with Gasteiger partial charge in [-0.3, -0.25) is 14.4 Å². The van der Waals surface area contributed by atoms with Gasteiger partial charge in [0.25, 0.3) is 5.91 Å². The number of anilines is 1. The van der Waals surface area contributed by atoms with Crippen LogP contribution in [-0.2, 0) is 20.9 Å². The van der Waals surface area contributed by atoms with E-state index in [0.29, 0.717) is 10.6 Å². The Bertz CT molecular complexity index is 992. The molecule has 3 aromatic rings. The molecule has 0 spiro atoms. The van der Waals surface area contributed by atoms with Gasteiger partial charge in [0, 0.05) is 16.1 Å². The molecule has 0 aliphatic carbocycles. The molecule has 1 heterocycles. The summed E-state index contributed by atoms with van der Waals surface area (Å²) in [7, 11) is 0. The van der Waals surface area contributed by atoms with Crippen molar-refractivity contribution in [2.45, 2.75) is 6.54 Å². The van der Waals surface area contributed by atoms with Gasteiger partial charge in [0.1, 0.15) is 12.9 Å². The van der Waals surface area contributed by atoms with Crippen molar-refractivity contribution in [1.29, 1.82) is 0 Å². The van der Waals surface area contributed by atoms with Gasteiger partial charge in [-0.15, -0.1) is 5.10 Å². The van der Waals surface area contributed by atoms with Gasteiger partial charge >= 0.3 is 5.97 Å². The molecule has 0 fully saturated rings. The van der Waals surface area contributed by atoms with E-state index in [9.17, 15) is 14.4 Å². The van der Waals surface area contributed by atoms with Crippen LogP contribution in [0.25, 0.3) is 0 Å². The van der Waals surface area contributed by atoms with Crippen molar-refractivity contribution in [2.75, 3.05) is 11.9 Å². The summed E-state index contributed by atoms with van der Waals surface area (Å²) in [4.78, 5) is 36.5. The lowest BCUT2D eigenvalue weighted by Gasteiger charge is -2.11. The summed E-state index contributed by atoms with van der Waals surface area (Å²) in [5.74, 6) is -1.58. The predicted octanol–water partition coefficient (Wildman–Crippen LogP) is 1.74. The Morgan fingerprint density at radius 2 is 1.89 bits per heavy atom. The van der Waals surface area contributed by atoms with Gasteiger partial charge in [-0.1, -0.05) is 41.9 Å². The Hall–Kier alpha value is -3.59. The number of benzene rings is 2. The SMILES string of the molecule is O=C(COC(=O)Cn1cnnn1)Nc1ccc(Cl)cc1C(=O)c1ccccc1. The van der Waals surface area contributed by atoms with Crippen LogP contribution in [0.15, 0.2) is 54.9 Å². The van der Waals surface area contributed by atoms with Gasteiger partial charge in [-0.05, 0) is 28.6 Å². The average molecular weight is 400 g/mol. The highest BCUT2D eigenvalue weighted by molar-refractivity contribution is 6.31. The van der Waals surface area contributed by atoms with Crippen LogP contribution in [0.3, 0.4) is 0 Å². The fourth-order valence-corrected chi connectivity index (χ4v) is 2.49. The van der Waals surface area contributed by atoms with Gasteiger partial charge < -0.3 is 10.1 Å². The third-order valence-electron chi connectivity index (χ3n) is 3.58. The van der Waals surface area contributed by atoms with Crippen LogP contribution in [0.5, 0.6) is 0 Å². The minimum Gasteiger partial charge on any atom is -0.454 e. The van der Waals surface area contributed by atoms with E-state index >= 15 is 0 Å². The van der Waals surface area contributed by atoms with Crippen LogP contribution < -0.4 is 5.32 Å². The maximum atomic E-state index is 12.7. The number of amides is 1. The molecule has 1 aromatic heterocycles. The summed E-state index contributed by atoms with van der Waals surface area (Å²) in [6.45, 7) is -0.748. The maximum Gasteiger partial charge on any atom is 0.328 e. The standard InChI is InChI=1S/C18H14ClN5O4/c19-13-6-7-15(14(8-13)18(27)12-4-2-1-3-5-12)21-16(25)10-28-17(26)9-24-11-20-22-23-24/h1-8,11H,9-10H2,(H,21,25). The van der Waals surface area contributed by atoms with Crippen LogP contribution in [0.4, 0.5) is 5.69 Å². The van der Waals surface area contributed by atoms with Crippen molar-refractivity contribution < 1.29 is 19.1 Å². The molecule has 1 amide bonds. The van der Waals surface area contributed by atoms with E-state index in [-0.39, 0.29) is 23.6 Å². The third-order valence-corrected chi connectivity index (χ3v) is 3.82. The molecule has 0 aliphatic heterocycles. The van der Waals surface area contributed by atoms with E-state index in [2.05, 4.69) is 20.8 Å². The minimum absolute atomic E-state index is 0.223. The molecule has 0 saturated carbocycles. The van der Waals surface area contributed by atoms with Crippen molar-refractivity contribution >= 4 is 34.9 Å². The maximum absolute atomic E-state index is 12.7. The Labute approximate surface area is 164 Å². The predicted molar refractivity (Wildman–Crippen MR) is 98.7 cm³/mol. The van der Waals surface area contributed by atoms with Crippen molar-refractivity contribution in [3.63, 3.8) is 0 Å². The Morgan fingerprint density at radius 1 is 1.11 bits per heavy atom. The van der Waals surface area contributed by atoms with E-state index in [0.717, 1.165) is 4.68 Å². The summed E-state index contributed by atoms with van der Waals surface area (Å²) in [6.07, 6.45) is 1.25. The van der Waals surface area contributed by atoms with Crippen molar-refractivity contribution in [3.8, 4) is 0 Å². The number of tetrazole rings is 1. The zero-order valence-electron chi connectivity index (χ0n) is 14.4. The Balaban J connectivity index is 1.65. The Kier molecular flexibility index (Phi) is 6.07. The summed E-state index contributed by atoms with van der Waals surface area (Å²) in [6, 6.07) is 13.1. The zero-order valence-corrected chi connectivity index (χ0v) is 15.2. The molecule has 0 unspecified atom stereocenters. The molecule has 2 aromatic carbocycles. The number of nitrogens with one attached hydrogen (secondary N) is 1. The highest BCUT2D eigenvalue weighted by Crippen LogP contribution is 2.23. The monoisotopic (exact) mass is 399 g/mol. The minimum atomic E-state index is -0.681. The number of ether oxygens (including phenoxy) is 1. The lowest BCUT2D eigenvalue weighted by Crippen LogP contribution is -2.24. The van der Waals surface area contributed by atoms with E-state index in [1.165, 1.54) is 18.5 Å². The van der Waals surface area contributed by atoms with Crippen LogP contribution in [-0.4, -0.2) is 44.5 Å². The fraction of sp³-hybridized carbons (Fsp3) is 0.111. The summed E-state index contributed by atoms with van der Waals surface area (Å²) in [5.41, 5.74) is 0.944. The second kappa shape index (κ2) is 8.87. The molecule has 3 rings (SSSR count). The lowest BCUT2D eigenvalue weighted by molar-refractivity contribution is -0.148. The largest absolute Gasteiger partial charge is 0.454 e. The smallest absolute Gasteiger partial charge is 0.328 e. The number of carbonyl (C=O) groups is 3. The van der Waals surface area contributed by atoms with E-state index in [1.807, 2.05) is 0 Å². The molecular weight excluding hydrogens is 386 g/mol. The molecule has 9 nitrogen and oxygen atoms in total. The summed E-state index contributed by atoms with van der Waals surface area (Å²) in [5, 5.41) is 13.2. The molecule has 10 heteroatoms. The van der Waals surface area contributed by atoms with E-state index < -0.39 is 18.5 Å². The highest BCUT2D eigenvalue weighted by atomic mass is 35.5. The number of hydrogen-bond donors (Lipinski definition) is 1. The first-order valence-electron chi connectivity index (χ1n) is 8.08. The van der Waals surface area contributed by atoms with Gasteiger partial charge in [0.2, 0.25) is 0 Å². The van der Waals surface area contributed by atoms with Gasteiger partial charge in [-0.25, -0.2) is 4.68 Å². The second-order valence-electron chi connectivity index (χ2n) is 5.60. The number of hydrogen-bond acceptors (Lipinski definition) is 7. The molecule has 1 N–H and O–H groups in total. The van der Waals surface area contributed by atoms with Crippen LogP contribution in [0, 0.1) is 0 Å². The molecule has 28 heavy (non-hydrogen) atoms. The zero-order chi connectivity index (χ0) is 19.9. The highest BCUT2D eigenvalue weighted by Gasteiger charge is 2.17. The van der Waals surface area contributed by atoms with Crippen LogP contribution >= 0.6 is 11.6 Å². The first-order valence-corrected chi connectivity index (χ1v) is 8.46. The molecule has 0 aliphatic rings. The number of esters is 1. The molecular formula is C18H14ClN5O4. The summed E-state index contributed by atoms with van der Waals surface area (Å²) < 4.78 is 6.04. The molecule has 142 valence electrons. The number of carbonyl (C=O) groups excluding carboxylic acids is 3. The van der Waals surface area contributed by atoms with E-state index in [4.69, 9.17) is 16.3 Å². The molecule has 0 atom stereocenters. The molecule has 0 radical (unpaired) electrons. The first-order chi connectivity index (χ1) is 13.5. The van der Waals surface area contributed by atoms with Crippen molar-refractivity contribution in [1.82, 2.24) is 20.2 Å². The second-order valence-corrected chi connectivity index (χ2v) is 6.04. The van der Waals surface area contributed by atoms with Crippen LogP contribution in [0.2, 0.25) is 5.02 Å². The van der Waals surface area contributed by atoms with Crippen molar-refractivity contribution in [2.24, 2.45) is 0 Å². The molecule has 0 bridgehead atoms. The Morgan fingerprint density at radius 3 is 2.61 bits per heavy atom. The normalized spacial score (nSPS) is 10.3. The van der Waals surface area contributed by atoms with Gasteiger partial charge in [0.15, 0.2) is 12.4 Å². The molecule has 0 saturated heterocycles. The number of nitrogens with zero attached hydrogens (tertiary/aromatic N) is 4. The van der Waals surface area contributed by atoms with Crippen LogP contribution in [0.1, 0.15) is 15.9 Å². The fourth-order valence-electron chi connectivity index (χ4n) is 2.32. The first kappa shape index (κ1) is 19.2.